The maximum absolute atomic E-state index is 13.0. The lowest BCUT2D eigenvalue weighted by Crippen LogP contribution is -2.36. The lowest BCUT2D eigenvalue weighted by Gasteiger charge is -2.23. The van der Waals surface area contributed by atoms with Gasteiger partial charge in [0.1, 0.15) is 5.56 Å². The van der Waals surface area contributed by atoms with Gasteiger partial charge in [0.15, 0.2) is 5.82 Å². The highest BCUT2D eigenvalue weighted by atomic mass is 35.5. The number of anilines is 2. The van der Waals surface area contributed by atoms with Crippen molar-refractivity contribution in [3.63, 3.8) is 0 Å². The first kappa shape index (κ1) is 24.9. The van der Waals surface area contributed by atoms with E-state index in [0.29, 0.717) is 29.5 Å². The summed E-state index contributed by atoms with van der Waals surface area (Å²) in [6.45, 7) is 4.36. The summed E-state index contributed by atoms with van der Waals surface area (Å²) in [4.78, 5) is 32.0. The van der Waals surface area contributed by atoms with Crippen molar-refractivity contribution >= 4 is 42.2 Å². The van der Waals surface area contributed by atoms with Crippen LogP contribution >= 0.6 is 24.8 Å². The fourth-order valence-electron chi connectivity index (χ4n) is 3.48. The second-order valence-corrected chi connectivity index (χ2v) is 7.27. The number of aromatic nitrogens is 2. The van der Waals surface area contributed by atoms with Gasteiger partial charge >= 0.3 is 0 Å². The minimum Gasteiger partial charge on any atom is -0.361 e. The van der Waals surface area contributed by atoms with E-state index < -0.39 is 5.91 Å². The SMILES string of the molecule is Cc1ccn(CC2CCCNC2)c(=O)c1C(=O)Nc1cccnc1N(C)C.Cl.Cl. The Kier molecular flexibility index (Phi) is 9.62. The van der Waals surface area contributed by atoms with Crippen LogP contribution in [-0.4, -0.2) is 42.6 Å². The molecule has 1 aliphatic rings. The van der Waals surface area contributed by atoms with Crippen LogP contribution in [0.5, 0.6) is 0 Å². The number of nitrogens with one attached hydrogen (secondary N) is 2. The summed E-state index contributed by atoms with van der Waals surface area (Å²) in [7, 11) is 3.72. The van der Waals surface area contributed by atoms with Crippen LogP contribution in [0, 0.1) is 12.8 Å². The first-order chi connectivity index (χ1) is 13.0. The van der Waals surface area contributed by atoms with Crippen LogP contribution in [0.15, 0.2) is 35.4 Å². The number of amides is 1. The average molecular weight is 442 g/mol. The van der Waals surface area contributed by atoms with Gasteiger partial charge in [-0.25, -0.2) is 4.98 Å². The van der Waals surface area contributed by atoms with E-state index in [-0.39, 0.29) is 35.9 Å². The Labute approximate surface area is 183 Å². The Morgan fingerprint density at radius 1 is 1.34 bits per heavy atom. The molecule has 7 nitrogen and oxygen atoms in total. The molecule has 3 heterocycles. The van der Waals surface area contributed by atoms with Gasteiger partial charge in [0.2, 0.25) is 0 Å². The third-order valence-electron chi connectivity index (χ3n) is 4.91. The molecule has 9 heteroatoms. The summed E-state index contributed by atoms with van der Waals surface area (Å²) in [6.07, 6.45) is 5.67. The minimum atomic E-state index is -0.398. The molecule has 1 fully saturated rings. The normalized spacial score (nSPS) is 15.6. The van der Waals surface area contributed by atoms with Gasteiger partial charge in [-0.15, -0.1) is 24.8 Å². The number of carbonyl (C=O) groups is 1. The number of aryl methyl sites for hydroxylation is 1. The highest BCUT2D eigenvalue weighted by molar-refractivity contribution is 6.06. The zero-order chi connectivity index (χ0) is 19.4. The Morgan fingerprint density at radius 2 is 2.10 bits per heavy atom. The predicted octanol–water partition coefficient (Wildman–Crippen LogP) is 2.71. The lowest BCUT2D eigenvalue weighted by atomic mass is 9.99. The second kappa shape index (κ2) is 11.2. The summed E-state index contributed by atoms with van der Waals surface area (Å²) in [6, 6.07) is 5.38. The van der Waals surface area contributed by atoms with E-state index in [1.165, 1.54) is 0 Å². The smallest absolute Gasteiger partial charge is 0.263 e. The first-order valence-corrected chi connectivity index (χ1v) is 9.32. The molecule has 1 aliphatic heterocycles. The minimum absolute atomic E-state index is 0. The molecule has 0 radical (unpaired) electrons. The Bertz CT molecular complexity index is 879. The zero-order valence-electron chi connectivity index (χ0n) is 17.0. The van der Waals surface area contributed by atoms with E-state index in [9.17, 15) is 9.59 Å². The van der Waals surface area contributed by atoms with Crippen LogP contribution in [0.1, 0.15) is 28.8 Å². The second-order valence-electron chi connectivity index (χ2n) is 7.27. The molecule has 2 aromatic heterocycles. The molecule has 1 atom stereocenters. The largest absolute Gasteiger partial charge is 0.361 e. The number of nitrogens with zero attached hydrogens (tertiary/aromatic N) is 3. The molecule has 3 rings (SSSR count). The average Bonchev–Trinajstić information content (AvgIpc) is 2.65. The van der Waals surface area contributed by atoms with Gasteiger partial charge in [0, 0.05) is 33.0 Å². The van der Waals surface area contributed by atoms with E-state index in [4.69, 9.17) is 0 Å². The number of piperidine rings is 1. The van der Waals surface area contributed by atoms with Crippen molar-refractivity contribution < 1.29 is 4.79 Å². The van der Waals surface area contributed by atoms with Crippen LogP contribution in [0.4, 0.5) is 11.5 Å². The molecular weight excluding hydrogens is 413 g/mol. The maximum Gasteiger partial charge on any atom is 0.263 e. The van der Waals surface area contributed by atoms with Crippen molar-refractivity contribution in [1.29, 1.82) is 0 Å². The van der Waals surface area contributed by atoms with Crippen LogP contribution < -0.4 is 21.1 Å². The standard InChI is InChI=1S/C20H27N5O2.2ClH/c1-14-8-11-25(13-15-6-4-9-21-12-15)20(27)17(14)19(26)23-16-7-5-10-22-18(16)24(2)3;;/h5,7-8,10-11,15,21H,4,6,9,12-13H2,1-3H3,(H,23,26);2*1H. The molecule has 0 spiro atoms. The molecule has 0 aromatic carbocycles. The zero-order valence-corrected chi connectivity index (χ0v) is 18.6. The molecular formula is C20H29Cl2N5O2. The fraction of sp³-hybridized carbons (Fsp3) is 0.450. The molecule has 1 unspecified atom stereocenters. The number of hydrogen-bond acceptors (Lipinski definition) is 5. The fourth-order valence-corrected chi connectivity index (χ4v) is 3.48. The number of hydrogen-bond donors (Lipinski definition) is 2. The quantitative estimate of drug-likeness (QED) is 0.745. The molecule has 1 amide bonds. The van der Waals surface area contributed by atoms with Crippen molar-refractivity contribution in [2.24, 2.45) is 5.92 Å². The molecule has 0 aliphatic carbocycles. The first-order valence-electron chi connectivity index (χ1n) is 9.32. The van der Waals surface area contributed by atoms with Crippen molar-refractivity contribution in [2.75, 3.05) is 37.4 Å². The monoisotopic (exact) mass is 441 g/mol. The summed E-state index contributed by atoms with van der Waals surface area (Å²) >= 11 is 0. The summed E-state index contributed by atoms with van der Waals surface area (Å²) in [5.41, 5.74) is 1.20. The van der Waals surface area contributed by atoms with Crippen LogP contribution in [0.3, 0.4) is 0 Å². The Hall–Kier alpha value is -2.09. The van der Waals surface area contributed by atoms with Gasteiger partial charge in [-0.1, -0.05) is 0 Å². The van der Waals surface area contributed by atoms with E-state index >= 15 is 0 Å². The Balaban J connectivity index is 0.00000210. The lowest BCUT2D eigenvalue weighted by molar-refractivity contribution is 0.102. The summed E-state index contributed by atoms with van der Waals surface area (Å²) in [5, 5.41) is 6.22. The molecule has 2 aromatic rings. The topological polar surface area (TPSA) is 79.3 Å². The van der Waals surface area contributed by atoms with Gasteiger partial charge in [-0.3, -0.25) is 9.59 Å². The Morgan fingerprint density at radius 3 is 2.76 bits per heavy atom. The van der Waals surface area contributed by atoms with Crippen molar-refractivity contribution in [2.45, 2.75) is 26.3 Å². The number of carbonyl (C=O) groups excluding carboxylic acids is 1. The van der Waals surface area contributed by atoms with Crippen LogP contribution in [-0.2, 0) is 6.54 Å². The molecule has 29 heavy (non-hydrogen) atoms. The van der Waals surface area contributed by atoms with Gasteiger partial charge in [-0.05, 0) is 62.5 Å². The summed E-state index contributed by atoms with van der Waals surface area (Å²) in [5.74, 6) is 0.659. The van der Waals surface area contributed by atoms with Crippen molar-refractivity contribution in [3.05, 3.63) is 52.1 Å². The van der Waals surface area contributed by atoms with Gasteiger partial charge in [-0.2, -0.15) is 0 Å². The molecule has 0 saturated carbocycles. The molecule has 0 bridgehead atoms. The van der Waals surface area contributed by atoms with Crippen molar-refractivity contribution in [3.8, 4) is 0 Å². The number of pyridine rings is 2. The van der Waals surface area contributed by atoms with Gasteiger partial charge in [0.05, 0.1) is 5.69 Å². The van der Waals surface area contributed by atoms with Crippen molar-refractivity contribution in [1.82, 2.24) is 14.9 Å². The highest BCUT2D eigenvalue weighted by Gasteiger charge is 2.20. The van der Waals surface area contributed by atoms with E-state index in [1.807, 2.05) is 25.1 Å². The van der Waals surface area contributed by atoms with E-state index in [1.54, 1.807) is 36.0 Å². The van der Waals surface area contributed by atoms with E-state index in [0.717, 1.165) is 25.9 Å². The van der Waals surface area contributed by atoms with Gasteiger partial charge in [0.25, 0.3) is 11.5 Å². The maximum atomic E-state index is 13.0. The van der Waals surface area contributed by atoms with Crippen LogP contribution in [0.2, 0.25) is 0 Å². The summed E-state index contributed by atoms with van der Waals surface area (Å²) < 4.78 is 1.66. The molecule has 2 N–H and O–H groups in total. The predicted molar refractivity (Wildman–Crippen MR) is 122 cm³/mol. The number of rotatable bonds is 5. The van der Waals surface area contributed by atoms with E-state index in [2.05, 4.69) is 15.6 Å². The third-order valence-corrected chi connectivity index (χ3v) is 4.91. The highest BCUT2D eigenvalue weighted by Crippen LogP contribution is 2.21. The number of halogens is 2. The van der Waals surface area contributed by atoms with Crippen LogP contribution in [0.25, 0.3) is 0 Å². The van der Waals surface area contributed by atoms with Gasteiger partial charge < -0.3 is 20.1 Å². The third kappa shape index (κ3) is 5.95. The molecule has 1 saturated heterocycles. The molecule has 160 valence electrons.